The Hall–Kier alpha value is -1.72. The van der Waals surface area contributed by atoms with Crippen LogP contribution in [0.15, 0.2) is 48.7 Å². The van der Waals surface area contributed by atoms with Gasteiger partial charge in [0.15, 0.2) is 0 Å². The van der Waals surface area contributed by atoms with E-state index in [4.69, 9.17) is 12.2 Å². The summed E-state index contributed by atoms with van der Waals surface area (Å²) in [4.78, 5) is 18.4. The summed E-state index contributed by atoms with van der Waals surface area (Å²) in [7, 11) is 0. The number of hydrogen-bond donors (Lipinski definition) is 0. The lowest BCUT2D eigenvalue weighted by Gasteiger charge is -2.15. The minimum absolute atomic E-state index is 0.0254. The van der Waals surface area contributed by atoms with Crippen molar-refractivity contribution in [3.05, 3.63) is 59.9 Å². The normalized spacial score (nSPS) is 18.6. The third-order valence-corrected chi connectivity index (χ3v) is 4.63. The number of carbonyl (C=O) groups excluding carboxylic acids is 1. The largest absolute Gasteiger partial charge is 0.272 e. The van der Waals surface area contributed by atoms with Gasteiger partial charge in [0.1, 0.15) is 9.57 Å². The van der Waals surface area contributed by atoms with Crippen LogP contribution in [0.5, 0.6) is 0 Å². The molecule has 0 N–H and O–H groups in total. The van der Waals surface area contributed by atoms with Crippen LogP contribution >= 0.6 is 24.0 Å². The van der Waals surface area contributed by atoms with Crippen molar-refractivity contribution >= 4 is 39.9 Å². The van der Waals surface area contributed by atoms with Crippen molar-refractivity contribution in [3.63, 3.8) is 0 Å². The molecule has 1 aliphatic rings. The molecule has 5 heteroatoms. The second kappa shape index (κ2) is 5.34. The van der Waals surface area contributed by atoms with E-state index in [1.165, 1.54) is 11.8 Å². The Morgan fingerprint density at radius 3 is 2.60 bits per heavy atom. The molecule has 1 aliphatic heterocycles. The molecular weight excluding hydrogens is 288 g/mol. The summed E-state index contributed by atoms with van der Waals surface area (Å²) in [6.07, 6.45) is 1.70. The van der Waals surface area contributed by atoms with Crippen LogP contribution in [0.2, 0.25) is 0 Å². The van der Waals surface area contributed by atoms with E-state index in [0.717, 1.165) is 16.9 Å². The summed E-state index contributed by atoms with van der Waals surface area (Å²) < 4.78 is 0.578. The second-order valence-electron chi connectivity index (χ2n) is 4.53. The lowest BCUT2D eigenvalue weighted by Crippen LogP contribution is -2.29. The fourth-order valence-corrected chi connectivity index (χ4v) is 3.51. The van der Waals surface area contributed by atoms with E-state index in [0.29, 0.717) is 4.32 Å². The lowest BCUT2D eigenvalue weighted by atomic mass is 10.2. The standard InChI is InChI=1S/C15H12N2OS2/c1-10-5-7-11(8-6-10)17-14(18)13(20-15(17)19)12-4-2-3-9-16-12/h2-9,13H,1H3. The highest BCUT2D eigenvalue weighted by Gasteiger charge is 2.39. The Bertz CT molecular complexity index is 655. The van der Waals surface area contributed by atoms with E-state index in [-0.39, 0.29) is 11.2 Å². The van der Waals surface area contributed by atoms with Crippen molar-refractivity contribution in [2.24, 2.45) is 0 Å². The third-order valence-electron chi connectivity index (χ3n) is 3.09. The number of thioether (sulfide) groups is 1. The van der Waals surface area contributed by atoms with Crippen molar-refractivity contribution in [1.29, 1.82) is 0 Å². The monoisotopic (exact) mass is 300 g/mol. The molecule has 100 valence electrons. The van der Waals surface area contributed by atoms with Crippen LogP contribution in [-0.2, 0) is 4.79 Å². The number of nitrogens with zero attached hydrogens (tertiary/aromatic N) is 2. The number of carbonyl (C=O) groups is 1. The van der Waals surface area contributed by atoms with Crippen LogP contribution in [0, 0.1) is 6.92 Å². The minimum atomic E-state index is -0.343. The smallest absolute Gasteiger partial charge is 0.252 e. The Kier molecular flexibility index (Phi) is 3.54. The highest BCUT2D eigenvalue weighted by molar-refractivity contribution is 8.24. The molecule has 0 spiro atoms. The maximum atomic E-state index is 12.6. The summed E-state index contributed by atoms with van der Waals surface area (Å²) >= 11 is 6.73. The summed E-state index contributed by atoms with van der Waals surface area (Å²) in [5.74, 6) is -0.0254. The van der Waals surface area contributed by atoms with Crippen molar-refractivity contribution in [2.45, 2.75) is 12.2 Å². The zero-order chi connectivity index (χ0) is 14.1. The molecule has 3 nitrogen and oxygen atoms in total. The van der Waals surface area contributed by atoms with Gasteiger partial charge in [-0.15, -0.1) is 0 Å². The predicted molar refractivity (Wildman–Crippen MR) is 85.8 cm³/mol. The van der Waals surface area contributed by atoms with Gasteiger partial charge in [-0.2, -0.15) is 0 Å². The molecular formula is C15H12N2OS2. The lowest BCUT2D eigenvalue weighted by molar-refractivity contribution is -0.117. The van der Waals surface area contributed by atoms with Gasteiger partial charge in [-0.05, 0) is 31.2 Å². The first-order valence-corrected chi connectivity index (χ1v) is 7.48. The van der Waals surface area contributed by atoms with E-state index in [2.05, 4.69) is 4.98 Å². The van der Waals surface area contributed by atoms with Crippen LogP contribution in [0.25, 0.3) is 0 Å². The Balaban J connectivity index is 1.93. The fourth-order valence-electron chi connectivity index (χ4n) is 2.06. The van der Waals surface area contributed by atoms with E-state index in [9.17, 15) is 4.79 Å². The predicted octanol–water partition coefficient (Wildman–Crippen LogP) is 3.50. The number of pyridine rings is 1. The van der Waals surface area contributed by atoms with Gasteiger partial charge >= 0.3 is 0 Å². The zero-order valence-electron chi connectivity index (χ0n) is 10.8. The van der Waals surface area contributed by atoms with Gasteiger partial charge in [-0.1, -0.05) is 47.7 Å². The van der Waals surface area contributed by atoms with Gasteiger partial charge in [0.05, 0.1) is 11.4 Å². The number of benzene rings is 1. The van der Waals surface area contributed by atoms with E-state index >= 15 is 0 Å². The van der Waals surface area contributed by atoms with Crippen LogP contribution in [0.1, 0.15) is 16.5 Å². The van der Waals surface area contributed by atoms with Gasteiger partial charge in [-0.25, -0.2) is 0 Å². The van der Waals surface area contributed by atoms with Crippen molar-refractivity contribution in [3.8, 4) is 0 Å². The number of hydrogen-bond acceptors (Lipinski definition) is 4. The molecule has 20 heavy (non-hydrogen) atoms. The molecule has 0 radical (unpaired) electrons. The Morgan fingerprint density at radius 2 is 1.95 bits per heavy atom. The molecule has 1 aromatic carbocycles. The first kappa shape index (κ1) is 13.3. The molecule has 1 atom stereocenters. The third kappa shape index (κ3) is 2.34. The van der Waals surface area contributed by atoms with Crippen LogP contribution in [0.3, 0.4) is 0 Å². The molecule has 1 fully saturated rings. The number of amides is 1. The molecule has 0 saturated carbocycles. The summed E-state index contributed by atoms with van der Waals surface area (Å²) in [6, 6.07) is 13.4. The molecule has 2 aromatic rings. The molecule has 2 heterocycles. The summed E-state index contributed by atoms with van der Waals surface area (Å²) in [5.41, 5.74) is 2.72. The maximum Gasteiger partial charge on any atom is 0.252 e. The van der Waals surface area contributed by atoms with Gasteiger partial charge in [-0.3, -0.25) is 14.7 Å². The first-order valence-electron chi connectivity index (χ1n) is 6.19. The summed E-state index contributed by atoms with van der Waals surface area (Å²) in [5, 5.41) is -0.343. The second-order valence-corrected chi connectivity index (χ2v) is 6.27. The van der Waals surface area contributed by atoms with Gasteiger partial charge < -0.3 is 0 Å². The molecule has 1 aromatic heterocycles. The van der Waals surface area contributed by atoms with Gasteiger partial charge in [0.25, 0.3) is 5.91 Å². The number of thiocarbonyl (C=S) groups is 1. The summed E-state index contributed by atoms with van der Waals surface area (Å²) in [6.45, 7) is 2.01. The van der Waals surface area contributed by atoms with Crippen LogP contribution in [-0.4, -0.2) is 15.2 Å². The average Bonchev–Trinajstić information content (AvgIpc) is 2.76. The topological polar surface area (TPSA) is 33.2 Å². The molecule has 0 aliphatic carbocycles. The maximum absolute atomic E-state index is 12.6. The molecule has 1 unspecified atom stereocenters. The quantitative estimate of drug-likeness (QED) is 0.795. The Morgan fingerprint density at radius 1 is 1.20 bits per heavy atom. The highest BCUT2D eigenvalue weighted by Crippen LogP contribution is 2.40. The first-order chi connectivity index (χ1) is 9.66. The molecule has 1 saturated heterocycles. The Labute approximate surface area is 127 Å². The highest BCUT2D eigenvalue weighted by atomic mass is 32.2. The van der Waals surface area contributed by atoms with Gasteiger partial charge in [0.2, 0.25) is 0 Å². The van der Waals surface area contributed by atoms with E-state index in [1.54, 1.807) is 11.1 Å². The number of aryl methyl sites for hydroxylation is 1. The van der Waals surface area contributed by atoms with Crippen molar-refractivity contribution < 1.29 is 4.79 Å². The van der Waals surface area contributed by atoms with E-state index in [1.807, 2.05) is 49.4 Å². The van der Waals surface area contributed by atoms with Crippen LogP contribution in [0.4, 0.5) is 5.69 Å². The van der Waals surface area contributed by atoms with Crippen molar-refractivity contribution in [1.82, 2.24) is 4.98 Å². The van der Waals surface area contributed by atoms with Crippen molar-refractivity contribution in [2.75, 3.05) is 4.90 Å². The minimum Gasteiger partial charge on any atom is -0.272 e. The molecule has 0 bridgehead atoms. The number of rotatable bonds is 2. The SMILES string of the molecule is Cc1ccc(N2C(=O)C(c3ccccn3)SC2=S)cc1. The fraction of sp³-hybridized carbons (Fsp3) is 0.133. The van der Waals surface area contributed by atoms with Crippen LogP contribution < -0.4 is 4.90 Å². The molecule has 3 rings (SSSR count). The number of anilines is 1. The average molecular weight is 300 g/mol. The molecule has 1 amide bonds. The zero-order valence-corrected chi connectivity index (χ0v) is 12.4. The number of aromatic nitrogens is 1. The van der Waals surface area contributed by atoms with E-state index < -0.39 is 0 Å². The van der Waals surface area contributed by atoms with Gasteiger partial charge in [0, 0.05) is 6.20 Å².